The number of carbonyl (C=O) groups is 2. The van der Waals surface area contributed by atoms with Crippen molar-refractivity contribution in [2.45, 2.75) is 58.2 Å². The summed E-state index contributed by atoms with van der Waals surface area (Å²) >= 11 is 12.6. The standard InChI is InChI=1S/C31H36Cl2FN3O4S/c1-4-22(2)35-31(39)29(19-23-9-6-5-7-10-23)36(21-24-12-13-25(32)20-28(24)33)30(38)11-8-18-37(42(3,40)41)27-16-14-26(34)15-17-27/h5-7,9-10,12-17,20,22,29H,4,8,11,18-19,21H2,1-3H3,(H,35,39)/t22-,29-/m0/s1. The van der Waals surface area contributed by atoms with E-state index in [1.54, 1.807) is 18.2 Å². The molecule has 3 rings (SSSR count). The summed E-state index contributed by atoms with van der Waals surface area (Å²) in [5.41, 5.74) is 1.79. The van der Waals surface area contributed by atoms with E-state index in [0.717, 1.165) is 16.1 Å². The summed E-state index contributed by atoms with van der Waals surface area (Å²) in [7, 11) is -3.70. The lowest BCUT2D eigenvalue weighted by Crippen LogP contribution is -2.52. The fourth-order valence-electron chi connectivity index (χ4n) is 4.44. The zero-order valence-electron chi connectivity index (χ0n) is 23.9. The van der Waals surface area contributed by atoms with Crippen LogP contribution < -0.4 is 9.62 Å². The van der Waals surface area contributed by atoms with Crippen LogP contribution in [-0.2, 0) is 32.6 Å². The highest BCUT2D eigenvalue weighted by Gasteiger charge is 2.31. The van der Waals surface area contributed by atoms with Gasteiger partial charge in [0.05, 0.1) is 11.9 Å². The van der Waals surface area contributed by atoms with Gasteiger partial charge in [0.25, 0.3) is 0 Å². The molecule has 0 fully saturated rings. The number of benzene rings is 3. The number of anilines is 1. The molecule has 0 aliphatic rings. The second-order valence-corrected chi connectivity index (χ2v) is 12.9. The van der Waals surface area contributed by atoms with E-state index in [-0.39, 0.29) is 50.2 Å². The van der Waals surface area contributed by atoms with E-state index < -0.39 is 21.9 Å². The number of sulfonamides is 1. The first-order valence-electron chi connectivity index (χ1n) is 13.7. The number of carbonyl (C=O) groups excluding carboxylic acids is 2. The van der Waals surface area contributed by atoms with Crippen molar-refractivity contribution in [3.8, 4) is 0 Å². The van der Waals surface area contributed by atoms with Gasteiger partial charge in [0.1, 0.15) is 11.9 Å². The van der Waals surface area contributed by atoms with Gasteiger partial charge in [0.2, 0.25) is 21.8 Å². The van der Waals surface area contributed by atoms with Gasteiger partial charge in [-0.05, 0) is 67.3 Å². The maximum absolute atomic E-state index is 13.9. The van der Waals surface area contributed by atoms with Gasteiger partial charge in [-0.1, -0.05) is 66.5 Å². The summed E-state index contributed by atoms with van der Waals surface area (Å²) in [6.45, 7) is 3.90. The molecule has 226 valence electrons. The van der Waals surface area contributed by atoms with Gasteiger partial charge in [0.15, 0.2) is 0 Å². The minimum atomic E-state index is -3.70. The SMILES string of the molecule is CC[C@H](C)NC(=O)[C@H](Cc1ccccc1)N(Cc1ccc(Cl)cc1Cl)C(=O)CCCN(c1ccc(F)cc1)S(C)(=O)=O. The summed E-state index contributed by atoms with van der Waals surface area (Å²) in [4.78, 5) is 29.0. The molecule has 0 bridgehead atoms. The topological polar surface area (TPSA) is 86.8 Å². The van der Waals surface area contributed by atoms with Gasteiger partial charge in [-0.25, -0.2) is 12.8 Å². The smallest absolute Gasteiger partial charge is 0.243 e. The number of nitrogens with zero attached hydrogens (tertiary/aromatic N) is 2. The molecule has 0 spiro atoms. The van der Waals surface area contributed by atoms with Gasteiger partial charge >= 0.3 is 0 Å². The third kappa shape index (κ3) is 9.71. The normalized spacial score (nSPS) is 12.8. The average Bonchev–Trinajstić information content (AvgIpc) is 2.94. The first-order chi connectivity index (χ1) is 19.9. The lowest BCUT2D eigenvalue weighted by atomic mass is 10.0. The minimum Gasteiger partial charge on any atom is -0.352 e. The third-order valence-electron chi connectivity index (χ3n) is 6.89. The van der Waals surface area contributed by atoms with Crippen molar-refractivity contribution in [2.24, 2.45) is 0 Å². The molecule has 42 heavy (non-hydrogen) atoms. The number of hydrogen-bond donors (Lipinski definition) is 1. The highest BCUT2D eigenvalue weighted by Crippen LogP contribution is 2.25. The predicted molar refractivity (Wildman–Crippen MR) is 167 cm³/mol. The highest BCUT2D eigenvalue weighted by atomic mass is 35.5. The zero-order chi connectivity index (χ0) is 30.9. The molecular formula is C31H36Cl2FN3O4S. The van der Waals surface area contributed by atoms with Crippen LogP contribution in [0.3, 0.4) is 0 Å². The number of hydrogen-bond acceptors (Lipinski definition) is 4. The van der Waals surface area contributed by atoms with Crippen LogP contribution in [0.1, 0.15) is 44.2 Å². The summed E-state index contributed by atoms with van der Waals surface area (Å²) in [5.74, 6) is -1.12. The van der Waals surface area contributed by atoms with Crippen molar-refractivity contribution in [2.75, 3.05) is 17.1 Å². The summed E-state index contributed by atoms with van der Waals surface area (Å²) in [6, 6.07) is 18.5. The van der Waals surface area contributed by atoms with E-state index >= 15 is 0 Å². The predicted octanol–water partition coefficient (Wildman–Crippen LogP) is 6.23. The lowest BCUT2D eigenvalue weighted by Gasteiger charge is -2.33. The highest BCUT2D eigenvalue weighted by molar-refractivity contribution is 7.92. The largest absolute Gasteiger partial charge is 0.352 e. The molecule has 0 heterocycles. The van der Waals surface area contributed by atoms with Crippen molar-refractivity contribution in [3.63, 3.8) is 0 Å². The second-order valence-electron chi connectivity index (χ2n) is 10.2. The van der Waals surface area contributed by atoms with Crippen LogP contribution in [0.5, 0.6) is 0 Å². The lowest BCUT2D eigenvalue weighted by molar-refractivity contribution is -0.141. The van der Waals surface area contributed by atoms with Crippen LogP contribution in [0.15, 0.2) is 72.8 Å². The Balaban J connectivity index is 1.91. The van der Waals surface area contributed by atoms with Crippen molar-refractivity contribution in [1.82, 2.24) is 10.2 Å². The van der Waals surface area contributed by atoms with Crippen molar-refractivity contribution < 1.29 is 22.4 Å². The van der Waals surface area contributed by atoms with Gasteiger partial charge in [-0.2, -0.15) is 0 Å². The van der Waals surface area contributed by atoms with E-state index in [1.807, 2.05) is 44.2 Å². The van der Waals surface area contributed by atoms with Gasteiger partial charge < -0.3 is 10.2 Å². The average molecular weight is 637 g/mol. The Morgan fingerprint density at radius 3 is 2.26 bits per heavy atom. The molecule has 0 aliphatic heterocycles. The van der Waals surface area contributed by atoms with E-state index in [0.29, 0.717) is 27.7 Å². The molecule has 0 unspecified atom stereocenters. The molecule has 0 aromatic heterocycles. The maximum Gasteiger partial charge on any atom is 0.243 e. The number of amides is 2. The van der Waals surface area contributed by atoms with Crippen LogP contribution in [-0.4, -0.2) is 50.0 Å². The molecule has 2 atom stereocenters. The fourth-order valence-corrected chi connectivity index (χ4v) is 5.87. The Labute approximate surface area is 257 Å². The number of rotatable bonds is 14. The molecule has 0 saturated carbocycles. The van der Waals surface area contributed by atoms with E-state index in [9.17, 15) is 22.4 Å². The first-order valence-corrected chi connectivity index (χ1v) is 16.3. The number of nitrogens with one attached hydrogen (secondary N) is 1. The Morgan fingerprint density at radius 2 is 1.67 bits per heavy atom. The summed E-state index contributed by atoms with van der Waals surface area (Å²) in [6.07, 6.45) is 2.16. The Morgan fingerprint density at radius 1 is 1.00 bits per heavy atom. The fraction of sp³-hybridized carbons (Fsp3) is 0.355. The van der Waals surface area contributed by atoms with Crippen molar-refractivity contribution >= 4 is 50.7 Å². The third-order valence-corrected chi connectivity index (χ3v) is 8.68. The molecule has 0 radical (unpaired) electrons. The zero-order valence-corrected chi connectivity index (χ0v) is 26.2. The van der Waals surface area contributed by atoms with Gasteiger partial charge in [0, 0.05) is 42.0 Å². The van der Waals surface area contributed by atoms with Crippen molar-refractivity contribution in [1.29, 1.82) is 0 Å². The Kier molecular flexibility index (Phi) is 12.2. The first kappa shape index (κ1) is 33.4. The molecule has 3 aromatic carbocycles. The molecular weight excluding hydrogens is 600 g/mol. The quantitative estimate of drug-likeness (QED) is 0.227. The Hall–Kier alpha value is -3.14. The maximum atomic E-state index is 13.9. The molecule has 0 aliphatic carbocycles. The second kappa shape index (κ2) is 15.4. The summed E-state index contributed by atoms with van der Waals surface area (Å²) < 4.78 is 39.6. The Bertz CT molecular complexity index is 1460. The molecule has 0 saturated heterocycles. The molecule has 1 N–H and O–H groups in total. The van der Waals surface area contributed by atoms with Crippen LogP contribution >= 0.6 is 23.2 Å². The van der Waals surface area contributed by atoms with Crippen molar-refractivity contribution in [3.05, 3.63) is 99.8 Å². The molecule has 7 nitrogen and oxygen atoms in total. The van der Waals surface area contributed by atoms with E-state index in [1.165, 1.54) is 29.2 Å². The van der Waals surface area contributed by atoms with E-state index in [2.05, 4.69) is 5.32 Å². The van der Waals surface area contributed by atoms with Gasteiger partial charge in [-0.15, -0.1) is 0 Å². The molecule has 11 heteroatoms. The molecule has 2 amide bonds. The number of halogens is 3. The van der Waals surface area contributed by atoms with Crippen LogP contribution in [0.4, 0.5) is 10.1 Å². The minimum absolute atomic E-state index is 0.00579. The summed E-state index contributed by atoms with van der Waals surface area (Å²) in [5, 5.41) is 3.81. The van der Waals surface area contributed by atoms with E-state index in [4.69, 9.17) is 23.2 Å². The van der Waals surface area contributed by atoms with Crippen LogP contribution in [0, 0.1) is 5.82 Å². The van der Waals surface area contributed by atoms with Crippen LogP contribution in [0.2, 0.25) is 10.0 Å². The van der Waals surface area contributed by atoms with Crippen LogP contribution in [0.25, 0.3) is 0 Å². The van der Waals surface area contributed by atoms with Gasteiger partial charge in [-0.3, -0.25) is 13.9 Å². The monoisotopic (exact) mass is 635 g/mol. The molecule has 3 aromatic rings.